The Bertz CT molecular complexity index is 1070. The van der Waals surface area contributed by atoms with Crippen LogP contribution < -0.4 is 16.0 Å². The molecule has 2 aromatic rings. The van der Waals surface area contributed by atoms with E-state index in [2.05, 4.69) is 20.9 Å². The summed E-state index contributed by atoms with van der Waals surface area (Å²) in [6.45, 7) is 7.86. The van der Waals surface area contributed by atoms with Gasteiger partial charge in [0.1, 0.15) is 11.6 Å². The molecule has 3 fully saturated rings. The van der Waals surface area contributed by atoms with Gasteiger partial charge in [0.25, 0.3) is 0 Å². The van der Waals surface area contributed by atoms with Crippen LogP contribution in [-0.2, 0) is 14.2 Å². The zero-order valence-corrected chi connectivity index (χ0v) is 23.8. The molecule has 1 atom stereocenters. The minimum atomic E-state index is -0.468. The number of rotatable bonds is 9. The van der Waals surface area contributed by atoms with Crippen LogP contribution in [0.15, 0.2) is 24.4 Å². The summed E-state index contributed by atoms with van der Waals surface area (Å²) >= 11 is 13.1. The Balaban J connectivity index is 1.15. The van der Waals surface area contributed by atoms with Crippen molar-refractivity contribution in [3.63, 3.8) is 0 Å². The quantitative estimate of drug-likeness (QED) is 0.355. The van der Waals surface area contributed by atoms with Crippen LogP contribution in [0.25, 0.3) is 11.3 Å². The smallest absolute Gasteiger partial charge is 0.163 e. The molecule has 0 bridgehead atoms. The Kier molecular flexibility index (Phi) is 9.29. The largest absolute Gasteiger partial charge is 0.381 e. The van der Waals surface area contributed by atoms with Gasteiger partial charge in [-0.3, -0.25) is 0 Å². The average molecular weight is 565 g/mol. The standard InChI is InChI=1S/C28H39Cl2N5O3/c1-28(2)37-17-22(38-28)16-32-20-3-5-21(6-4-20)34-25-13-19(7-10-31-25)26-23(29)14-24(30)27(35-26)33-15-18-8-11-36-12-9-18/h7,10,13-14,18,20-22,32H,3-6,8-9,11-12,15-17H2,1-2H3,(H,31,34)(H,33,35)/t20?,21?,22-/m1/s1. The lowest BCUT2D eigenvalue weighted by molar-refractivity contribution is -0.137. The average Bonchev–Trinajstić information content (AvgIpc) is 3.27. The third kappa shape index (κ3) is 7.49. The minimum absolute atomic E-state index is 0.124. The normalized spacial score (nSPS) is 25.8. The van der Waals surface area contributed by atoms with Crippen LogP contribution >= 0.6 is 23.2 Å². The number of anilines is 2. The Morgan fingerprint density at radius 3 is 2.47 bits per heavy atom. The zero-order valence-electron chi connectivity index (χ0n) is 22.3. The van der Waals surface area contributed by atoms with Gasteiger partial charge in [0, 0.05) is 50.1 Å². The van der Waals surface area contributed by atoms with Crippen molar-refractivity contribution in [1.82, 2.24) is 15.3 Å². The molecule has 8 nitrogen and oxygen atoms in total. The van der Waals surface area contributed by atoms with Gasteiger partial charge in [0.15, 0.2) is 5.79 Å². The molecule has 38 heavy (non-hydrogen) atoms. The van der Waals surface area contributed by atoms with E-state index in [-0.39, 0.29) is 6.10 Å². The lowest BCUT2D eigenvalue weighted by Gasteiger charge is -2.30. The topological polar surface area (TPSA) is 89.6 Å². The summed E-state index contributed by atoms with van der Waals surface area (Å²) in [6, 6.07) is 6.61. The van der Waals surface area contributed by atoms with E-state index in [9.17, 15) is 0 Å². The Labute approximate surface area is 235 Å². The van der Waals surface area contributed by atoms with E-state index >= 15 is 0 Å². The first-order valence-electron chi connectivity index (χ1n) is 13.8. The van der Waals surface area contributed by atoms with Crippen molar-refractivity contribution in [3.05, 3.63) is 34.4 Å². The van der Waals surface area contributed by atoms with Crippen LogP contribution in [0.2, 0.25) is 10.0 Å². The molecule has 0 aromatic carbocycles. The summed E-state index contributed by atoms with van der Waals surface area (Å²) < 4.78 is 17.0. The van der Waals surface area contributed by atoms with Gasteiger partial charge in [-0.15, -0.1) is 0 Å². The molecule has 2 aliphatic heterocycles. The SMILES string of the molecule is CC1(C)OC[C@@H](CNC2CCC(Nc3cc(-c4nc(NCC5CCOCC5)c(Cl)cc4Cl)ccn3)CC2)O1. The van der Waals surface area contributed by atoms with Crippen molar-refractivity contribution in [1.29, 1.82) is 0 Å². The lowest BCUT2D eigenvalue weighted by atomic mass is 9.91. The maximum absolute atomic E-state index is 6.58. The van der Waals surface area contributed by atoms with Gasteiger partial charge in [-0.05, 0) is 76.5 Å². The second kappa shape index (κ2) is 12.7. The van der Waals surface area contributed by atoms with Gasteiger partial charge < -0.3 is 30.2 Å². The summed E-state index contributed by atoms with van der Waals surface area (Å²) in [4.78, 5) is 9.36. The molecular formula is C28H39Cl2N5O3. The number of ether oxygens (including phenoxy) is 3. The Hall–Kier alpha value is -1.68. The fraction of sp³-hybridized carbons (Fsp3) is 0.643. The number of hydrogen-bond acceptors (Lipinski definition) is 8. The lowest BCUT2D eigenvalue weighted by Crippen LogP contribution is -2.41. The second-order valence-electron chi connectivity index (χ2n) is 11.1. The molecule has 2 saturated heterocycles. The van der Waals surface area contributed by atoms with Crippen LogP contribution in [0, 0.1) is 5.92 Å². The molecule has 0 spiro atoms. The number of halogens is 2. The van der Waals surface area contributed by atoms with Gasteiger partial charge in [-0.1, -0.05) is 23.2 Å². The minimum Gasteiger partial charge on any atom is -0.381 e. The maximum atomic E-state index is 6.58. The van der Waals surface area contributed by atoms with Crippen molar-refractivity contribution in [3.8, 4) is 11.3 Å². The molecule has 0 radical (unpaired) electrons. The molecule has 10 heteroatoms. The van der Waals surface area contributed by atoms with Gasteiger partial charge in [0.05, 0.1) is 28.5 Å². The van der Waals surface area contributed by atoms with Gasteiger partial charge in [-0.2, -0.15) is 0 Å². The van der Waals surface area contributed by atoms with E-state index < -0.39 is 5.79 Å². The summed E-state index contributed by atoms with van der Waals surface area (Å²) in [6.07, 6.45) is 8.41. The van der Waals surface area contributed by atoms with Crippen molar-refractivity contribution < 1.29 is 14.2 Å². The molecular weight excluding hydrogens is 525 g/mol. The van der Waals surface area contributed by atoms with Crippen molar-refractivity contribution >= 4 is 34.8 Å². The molecule has 5 rings (SSSR count). The molecule has 3 N–H and O–H groups in total. The van der Waals surface area contributed by atoms with Crippen molar-refractivity contribution in [2.24, 2.45) is 5.92 Å². The third-order valence-corrected chi connectivity index (χ3v) is 8.22. The zero-order chi connectivity index (χ0) is 26.5. The number of pyridine rings is 2. The van der Waals surface area contributed by atoms with E-state index in [1.807, 2.05) is 26.0 Å². The highest BCUT2D eigenvalue weighted by Crippen LogP contribution is 2.34. The first-order chi connectivity index (χ1) is 18.3. The second-order valence-corrected chi connectivity index (χ2v) is 11.9. The monoisotopic (exact) mass is 563 g/mol. The molecule has 1 aliphatic carbocycles. The van der Waals surface area contributed by atoms with Crippen LogP contribution in [0.3, 0.4) is 0 Å². The van der Waals surface area contributed by atoms with Crippen LogP contribution in [0.1, 0.15) is 52.4 Å². The number of nitrogens with one attached hydrogen (secondary N) is 3. The number of hydrogen-bond donors (Lipinski definition) is 3. The van der Waals surface area contributed by atoms with E-state index in [0.717, 1.165) is 76.2 Å². The molecule has 0 amide bonds. The molecule has 208 valence electrons. The first kappa shape index (κ1) is 27.9. The number of aromatic nitrogens is 2. The van der Waals surface area contributed by atoms with Crippen LogP contribution in [-0.4, -0.2) is 66.9 Å². The Morgan fingerprint density at radius 1 is 0.974 bits per heavy atom. The molecule has 3 aliphatic rings. The van der Waals surface area contributed by atoms with E-state index in [4.69, 9.17) is 42.4 Å². The molecule has 1 saturated carbocycles. The summed E-state index contributed by atoms with van der Waals surface area (Å²) in [5, 5.41) is 11.8. The Morgan fingerprint density at radius 2 is 1.74 bits per heavy atom. The van der Waals surface area contributed by atoms with Gasteiger partial charge in [-0.25, -0.2) is 9.97 Å². The van der Waals surface area contributed by atoms with Crippen molar-refractivity contribution in [2.75, 3.05) is 43.5 Å². The summed E-state index contributed by atoms with van der Waals surface area (Å²) in [5.74, 6) is 1.58. The van der Waals surface area contributed by atoms with E-state index in [0.29, 0.717) is 46.2 Å². The summed E-state index contributed by atoms with van der Waals surface area (Å²) in [7, 11) is 0. The number of nitrogens with zero attached hydrogens (tertiary/aromatic N) is 2. The maximum Gasteiger partial charge on any atom is 0.163 e. The van der Waals surface area contributed by atoms with E-state index in [1.165, 1.54) is 0 Å². The van der Waals surface area contributed by atoms with Gasteiger partial charge in [0.2, 0.25) is 0 Å². The predicted molar refractivity (Wildman–Crippen MR) is 152 cm³/mol. The predicted octanol–water partition coefficient (Wildman–Crippen LogP) is 5.75. The highest BCUT2D eigenvalue weighted by atomic mass is 35.5. The molecule has 4 heterocycles. The third-order valence-electron chi connectivity index (χ3n) is 7.64. The van der Waals surface area contributed by atoms with E-state index in [1.54, 1.807) is 12.3 Å². The summed E-state index contributed by atoms with van der Waals surface area (Å²) in [5.41, 5.74) is 1.61. The highest BCUT2D eigenvalue weighted by Gasteiger charge is 2.33. The van der Waals surface area contributed by atoms with Crippen LogP contribution in [0.5, 0.6) is 0 Å². The molecule has 2 aromatic heterocycles. The molecule has 0 unspecified atom stereocenters. The van der Waals surface area contributed by atoms with Crippen LogP contribution in [0.4, 0.5) is 11.6 Å². The van der Waals surface area contributed by atoms with Gasteiger partial charge >= 0.3 is 0 Å². The van der Waals surface area contributed by atoms with Crippen molar-refractivity contribution in [2.45, 2.75) is 76.3 Å². The fourth-order valence-corrected chi connectivity index (χ4v) is 5.99. The highest BCUT2D eigenvalue weighted by molar-refractivity contribution is 6.37. The first-order valence-corrected chi connectivity index (χ1v) is 14.6. The fourth-order valence-electron chi connectivity index (χ4n) is 5.45.